The maximum absolute atomic E-state index is 13.1. The summed E-state index contributed by atoms with van der Waals surface area (Å²) in [6, 6.07) is 2.48. The van der Waals surface area contributed by atoms with Crippen molar-refractivity contribution in [2.75, 3.05) is 20.1 Å². The normalized spacial score (nSPS) is 21.8. The summed E-state index contributed by atoms with van der Waals surface area (Å²) in [5, 5.41) is 1.80. The maximum atomic E-state index is 13.1. The number of amides is 3. The molecule has 11 heteroatoms. The van der Waals surface area contributed by atoms with Crippen molar-refractivity contribution in [3.8, 4) is 11.4 Å². The van der Waals surface area contributed by atoms with Gasteiger partial charge in [-0.15, -0.1) is 0 Å². The summed E-state index contributed by atoms with van der Waals surface area (Å²) in [5.41, 5.74) is -0.441. The molecular weight excluding hydrogens is 460 g/mol. The number of hydrogen-bond acceptors (Lipinski definition) is 7. The summed E-state index contributed by atoms with van der Waals surface area (Å²) in [6.07, 6.45) is 0.412. The monoisotopic (exact) mass is 494 g/mol. The van der Waals surface area contributed by atoms with Crippen LogP contribution in [-0.4, -0.2) is 74.4 Å². The molecule has 0 unspecified atom stereocenters. The van der Waals surface area contributed by atoms with Gasteiger partial charge in [-0.2, -0.15) is 0 Å². The van der Waals surface area contributed by atoms with Gasteiger partial charge in [0.05, 0.1) is 17.4 Å². The molecule has 0 radical (unpaired) electrons. The second kappa shape index (κ2) is 9.92. The quantitative estimate of drug-likeness (QED) is 0.651. The van der Waals surface area contributed by atoms with E-state index < -0.39 is 49.4 Å². The Hall–Kier alpha value is -3.27. The maximum Gasteiger partial charge on any atom is 0.410 e. The van der Waals surface area contributed by atoms with Gasteiger partial charge < -0.3 is 19.9 Å². The van der Waals surface area contributed by atoms with Gasteiger partial charge in [0, 0.05) is 41.2 Å². The van der Waals surface area contributed by atoms with E-state index in [1.807, 2.05) is 5.32 Å². The number of piperazine rings is 1. The third-order valence-corrected chi connectivity index (χ3v) is 5.25. The van der Waals surface area contributed by atoms with Crippen LogP contribution >= 0.6 is 11.6 Å². The van der Waals surface area contributed by atoms with Crippen LogP contribution < -0.4 is 5.32 Å². The predicted octanol–water partition coefficient (Wildman–Crippen LogP) is 3.08. The zero-order valence-electron chi connectivity index (χ0n) is 25.1. The lowest BCUT2D eigenvalue weighted by Crippen LogP contribution is -2.57. The van der Waals surface area contributed by atoms with Crippen molar-refractivity contribution in [1.29, 1.82) is 0 Å². The van der Waals surface area contributed by atoms with Crippen LogP contribution in [0.1, 0.15) is 64.9 Å². The molecule has 3 heterocycles. The van der Waals surface area contributed by atoms with E-state index in [4.69, 9.17) is 24.6 Å². The van der Waals surface area contributed by atoms with Gasteiger partial charge >= 0.3 is 6.09 Å². The molecule has 1 fully saturated rings. The lowest BCUT2D eigenvalue weighted by atomic mass is 9.99. The second-order valence-electron chi connectivity index (χ2n) is 8.81. The molecule has 0 aromatic carbocycles. The van der Waals surface area contributed by atoms with E-state index in [0.717, 1.165) is 6.33 Å². The molecule has 2 aromatic rings. The molecule has 10 nitrogen and oxygen atoms in total. The van der Waals surface area contributed by atoms with Crippen molar-refractivity contribution in [2.45, 2.75) is 52.2 Å². The second-order valence-corrected chi connectivity index (χ2v) is 9.20. The molecular formula is C23H29ClN6O4. The van der Waals surface area contributed by atoms with Crippen molar-refractivity contribution in [1.82, 2.24) is 30.1 Å². The van der Waals surface area contributed by atoms with E-state index in [9.17, 15) is 14.4 Å². The fraction of sp³-hybridized carbons (Fsp3) is 0.478. The molecule has 2 atom stereocenters. The van der Waals surface area contributed by atoms with Crippen LogP contribution in [-0.2, 0) is 9.53 Å². The fourth-order valence-electron chi connectivity index (χ4n) is 3.69. The van der Waals surface area contributed by atoms with Gasteiger partial charge in [0.2, 0.25) is 5.91 Å². The Morgan fingerprint density at radius 2 is 1.94 bits per heavy atom. The number of halogens is 1. The van der Waals surface area contributed by atoms with Crippen LogP contribution in [0.25, 0.3) is 11.4 Å². The Morgan fingerprint density at radius 1 is 1.18 bits per heavy atom. The Kier molecular flexibility index (Phi) is 5.28. The van der Waals surface area contributed by atoms with E-state index in [1.165, 1.54) is 28.0 Å². The Balaban J connectivity index is 2.06. The largest absolute Gasteiger partial charge is 0.444 e. The molecule has 3 amide bonds. The summed E-state index contributed by atoms with van der Waals surface area (Å²) in [4.78, 5) is 53.0. The minimum atomic E-state index is -2.95. The zero-order valence-corrected chi connectivity index (χ0v) is 19.9. The first-order valence-corrected chi connectivity index (χ1v) is 10.8. The molecule has 0 spiro atoms. The first kappa shape index (κ1) is 18.1. The summed E-state index contributed by atoms with van der Waals surface area (Å²) in [7, 11) is 0. The fourth-order valence-corrected chi connectivity index (χ4v) is 3.91. The average molecular weight is 495 g/mol. The minimum Gasteiger partial charge on any atom is -0.444 e. The number of hydrogen-bond donors (Lipinski definition) is 1. The summed E-state index contributed by atoms with van der Waals surface area (Å²) < 4.78 is 50.3. The van der Waals surface area contributed by atoms with Crippen LogP contribution in [0.4, 0.5) is 4.79 Å². The minimum absolute atomic E-state index is 0.0345. The van der Waals surface area contributed by atoms with Crippen LogP contribution in [0.2, 0.25) is 5.15 Å². The highest BCUT2D eigenvalue weighted by Gasteiger charge is 2.38. The van der Waals surface area contributed by atoms with Crippen molar-refractivity contribution in [3.63, 3.8) is 0 Å². The number of aromatic nitrogens is 3. The Morgan fingerprint density at radius 3 is 2.62 bits per heavy atom. The highest BCUT2D eigenvalue weighted by atomic mass is 35.5. The molecule has 1 aliphatic rings. The molecule has 1 saturated heterocycles. The Bertz CT molecular complexity index is 1300. The molecule has 0 aliphatic carbocycles. The summed E-state index contributed by atoms with van der Waals surface area (Å²) >= 11 is 6.32. The summed E-state index contributed by atoms with van der Waals surface area (Å²) in [6.45, 7) is 1.01. The molecule has 3 rings (SSSR count). The van der Waals surface area contributed by atoms with Gasteiger partial charge in [0.1, 0.15) is 22.8 Å². The van der Waals surface area contributed by atoms with E-state index in [-0.39, 0.29) is 35.3 Å². The van der Waals surface area contributed by atoms with E-state index in [2.05, 4.69) is 15.0 Å². The molecule has 1 N–H and O–H groups in total. The SMILES string of the molecule is [2H]C([2H])([2H])NC(=O)c1cc(-c2cc([C@@H]3CN(C(=O)OC(C)(C)C)C[C@@H](C)N3C(=O)C([2H])([2H])[2H])cc(Cl)n2)ncn1. The third kappa shape index (κ3) is 5.80. The topological polar surface area (TPSA) is 118 Å². The van der Waals surface area contributed by atoms with Crippen molar-refractivity contribution >= 4 is 29.5 Å². The predicted molar refractivity (Wildman–Crippen MR) is 126 cm³/mol. The van der Waals surface area contributed by atoms with Crippen LogP contribution in [0.15, 0.2) is 24.5 Å². The highest BCUT2D eigenvalue weighted by Crippen LogP contribution is 2.33. The lowest BCUT2D eigenvalue weighted by molar-refractivity contribution is -0.137. The first-order chi connectivity index (χ1) is 18.2. The number of nitrogens with zero attached hydrogens (tertiary/aromatic N) is 5. The van der Waals surface area contributed by atoms with Crippen molar-refractivity contribution < 1.29 is 27.3 Å². The van der Waals surface area contributed by atoms with Crippen LogP contribution in [0.5, 0.6) is 0 Å². The molecule has 182 valence electrons. The first-order valence-electron chi connectivity index (χ1n) is 13.4. The van der Waals surface area contributed by atoms with Gasteiger partial charge in [0.15, 0.2) is 0 Å². The molecule has 34 heavy (non-hydrogen) atoms. The highest BCUT2D eigenvalue weighted by molar-refractivity contribution is 6.29. The number of carbonyl (C=O) groups is 3. The van der Waals surface area contributed by atoms with Gasteiger partial charge in [-0.3, -0.25) is 9.59 Å². The average Bonchev–Trinajstić information content (AvgIpc) is 2.80. The number of ether oxygens (including phenoxy) is 1. The number of nitrogens with one attached hydrogen (secondary N) is 1. The van der Waals surface area contributed by atoms with Crippen molar-refractivity contribution in [3.05, 3.63) is 40.9 Å². The molecule has 2 aromatic heterocycles. The molecule has 1 aliphatic heterocycles. The Labute approximate surface area is 212 Å². The van der Waals surface area contributed by atoms with E-state index in [0.29, 0.717) is 5.56 Å². The standard InChI is InChI=1S/C23H29ClN6O4/c1-13-10-29(22(33)34-23(3,4)5)11-19(30(13)14(2)31)15-7-17(28-20(24)8-15)16-9-18(21(32)25-6)27-12-26-16/h7-9,12-13,19H,10-11H2,1-6H3,(H,25,32)/t13-,19+/m1/s1/i2D3,6D3. The zero-order chi connectivity index (χ0) is 30.2. The van der Waals surface area contributed by atoms with Crippen LogP contribution in [0.3, 0.4) is 0 Å². The smallest absolute Gasteiger partial charge is 0.410 e. The molecule has 0 saturated carbocycles. The van der Waals surface area contributed by atoms with Gasteiger partial charge in [0.25, 0.3) is 5.91 Å². The number of pyridine rings is 1. The van der Waals surface area contributed by atoms with E-state index >= 15 is 0 Å². The lowest BCUT2D eigenvalue weighted by Gasteiger charge is -2.45. The van der Waals surface area contributed by atoms with Crippen LogP contribution in [0, 0.1) is 0 Å². The van der Waals surface area contributed by atoms with Gasteiger partial charge in [-0.1, -0.05) is 11.6 Å². The van der Waals surface area contributed by atoms with E-state index in [1.54, 1.807) is 27.7 Å². The van der Waals surface area contributed by atoms with Gasteiger partial charge in [-0.05, 0) is 51.5 Å². The third-order valence-electron chi connectivity index (χ3n) is 5.05. The van der Waals surface area contributed by atoms with Crippen molar-refractivity contribution in [2.24, 2.45) is 0 Å². The number of rotatable bonds is 3. The number of carbonyl (C=O) groups excluding carboxylic acids is 3. The molecule has 0 bridgehead atoms. The van der Waals surface area contributed by atoms with Gasteiger partial charge in [-0.25, -0.2) is 19.7 Å². The summed E-state index contributed by atoms with van der Waals surface area (Å²) in [5.74, 6) is -2.07.